The number of hydrogen-bond acceptors (Lipinski definition) is 2. The Morgan fingerprint density at radius 1 is 0.962 bits per heavy atom. The highest BCUT2D eigenvalue weighted by atomic mass is 19.4. The van der Waals surface area contributed by atoms with Crippen LogP contribution in [0.1, 0.15) is 39.1 Å². The monoisotopic (exact) mass is 362 g/mol. The molecule has 0 atom stereocenters. The molecule has 3 rings (SSSR count). The quantitative estimate of drug-likeness (QED) is 0.890. The van der Waals surface area contributed by atoms with Gasteiger partial charge in [0, 0.05) is 18.7 Å². The summed E-state index contributed by atoms with van der Waals surface area (Å²) in [6.07, 6.45) is -2.85. The highest BCUT2D eigenvalue weighted by Gasteiger charge is 2.32. The molecule has 0 aromatic heterocycles. The maximum absolute atomic E-state index is 13.1. The topological polar surface area (TPSA) is 49.4 Å². The zero-order valence-electron chi connectivity index (χ0n) is 13.8. The summed E-state index contributed by atoms with van der Waals surface area (Å²) >= 11 is 0. The number of nitrogens with one attached hydrogen (secondary N) is 1. The number of carbonyl (C=O) groups excluding carboxylic acids is 2. The number of likely N-dealkylation sites (tertiary alicyclic amines) is 1. The minimum Gasteiger partial charge on any atom is -0.339 e. The molecule has 1 aliphatic rings. The third-order valence-electron chi connectivity index (χ3n) is 4.25. The average Bonchev–Trinajstić information content (AvgIpc) is 3.16. The lowest BCUT2D eigenvalue weighted by molar-refractivity contribution is -0.137. The number of amides is 2. The fourth-order valence-electron chi connectivity index (χ4n) is 2.89. The van der Waals surface area contributed by atoms with E-state index < -0.39 is 17.6 Å². The molecule has 0 radical (unpaired) electrons. The van der Waals surface area contributed by atoms with Gasteiger partial charge < -0.3 is 10.2 Å². The number of halogens is 3. The van der Waals surface area contributed by atoms with E-state index in [1.807, 2.05) is 0 Å². The van der Waals surface area contributed by atoms with Crippen LogP contribution in [0.3, 0.4) is 0 Å². The molecule has 2 aromatic rings. The summed E-state index contributed by atoms with van der Waals surface area (Å²) in [7, 11) is 0. The standard InChI is InChI=1S/C19H17F3N2O2/c20-19(21,22)14-8-9-15(18(26)24-10-4-5-11-24)16(12-14)23-17(25)13-6-2-1-3-7-13/h1-3,6-9,12H,4-5,10-11H2,(H,23,25). The number of anilines is 1. The van der Waals surface area contributed by atoms with Crippen LogP contribution in [0.2, 0.25) is 0 Å². The molecule has 1 heterocycles. The van der Waals surface area contributed by atoms with Crippen LogP contribution in [-0.4, -0.2) is 29.8 Å². The van der Waals surface area contributed by atoms with Crippen LogP contribution in [0.4, 0.5) is 18.9 Å². The highest BCUT2D eigenvalue weighted by Crippen LogP contribution is 2.33. The lowest BCUT2D eigenvalue weighted by Crippen LogP contribution is -2.29. The molecule has 2 aromatic carbocycles. The first kappa shape index (κ1) is 18.0. The molecule has 1 aliphatic heterocycles. The summed E-state index contributed by atoms with van der Waals surface area (Å²) in [5.74, 6) is -0.944. The number of nitrogens with zero attached hydrogens (tertiary/aromatic N) is 1. The first-order chi connectivity index (χ1) is 12.4. The van der Waals surface area contributed by atoms with Gasteiger partial charge in [-0.3, -0.25) is 9.59 Å². The molecule has 2 amide bonds. The largest absolute Gasteiger partial charge is 0.416 e. The van der Waals surface area contributed by atoms with E-state index >= 15 is 0 Å². The molecule has 1 N–H and O–H groups in total. The Balaban J connectivity index is 1.96. The Morgan fingerprint density at radius 3 is 2.23 bits per heavy atom. The number of carbonyl (C=O) groups is 2. The molecular weight excluding hydrogens is 345 g/mol. The average molecular weight is 362 g/mol. The van der Waals surface area contributed by atoms with Gasteiger partial charge in [0.05, 0.1) is 16.8 Å². The van der Waals surface area contributed by atoms with E-state index in [9.17, 15) is 22.8 Å². The number of rotatable bonds is 3. The normalized spacial score (nSPS) is 14.3. The lowest BCUT2D eigenvalue weighted by Gasteiger charge is -2.19. The van der Waals surface area contributed by atoms with Crippen LogP contribution in [0.15, 0.2) is 48.5 Å². The van der Waals surface area contributed by atoms with Crippen molar-refractivity contribution in [2.24, 2.45) is 0 Å². The predicted octanol–water partition coefficient (Wildman–Crippen LogP) is 4.19. The molecule has 136 valence electrons. The van der Waals surface area contributed by atoms with Crippen molar-refractivity contribution in [3.05, 3.63) is 65.2 Å². The Morgan fingerprint density at radius 2 is 1.62 bits per heavy atom. The second-order valence-electron chi connectivity index (χ2n) is 6.08. The summed E-state index contributed by atoms with van der Waals surface area (Å²) in [6, 6.07) is 10.9. The van der Waals surface area contributed by atoms with Crippen molar-refractivity contribution in [3.8, 4) is 0 Å². The van der Waals surface area contributed by atoms with Gasteiger partial charge in [0.2, 0.25) is 0 Å². The van der Waals surface area contributed by atoms with Crippen molar-refractivity contribution >= 4 is 17.5 Å². The Hall–Kier alpha value is -2.83. The van der Waals surface area contributed by atoms with Crippen molar-refractivity contribution in [1.82, 2.24) is 4.90 Å². The molecule has 0 unspecified atom stereocenters. The van der Waals surface area contributed by atoms with Crippen molar-refractivity contribution in [3.63, 3.8) is 0 Å². The first-order valence-corrected chi connectivity index (χ1v) is 8.23. The second-order valence-corrected chi connectivity index (χ2v) is 6.08. The van der Waals surface area contributed by atoms with Gasteiger partial charge in [-0.15, -0.1) is 0 Å². The van der Waals surface area contributed by atoms with Gasteiger partial charge in [0.1, 0.15) is 0 Å². The van der Waals surface area contributed by atoms with Gasteiger partial charge >= 0.3 is 6.18 Å². The molecular formula is C19H17F3N2O2. The third kappa shape index (κ3) is 3.87. The van der Waals surface area contributed by atoms with Crippen molar-refractivity contribution < 1.29 is 22.8 Å². The van der Waals surface area contributed by atoms with Gasteiger partial charge in [-0.1, -0.05) is 18.2 Å². The minimum atomic E-state index is -4.57. The van der Waals surface area contributed by atoms with Crippen LogP contribution < -0.4 is 5.32 Å². The van der Waals surface area contributed by atoms with Gasteiger partial charge in [0.25, 0.3) is 11.8 Å². The highest BCUT2D eigenvalue weighted by molar-refractivity contribution is 6.09. The van der Waals surface area contributed by atoms with Gasteiger partial charge in [-0.2, -0.15) is 13.2 Å². The maximum atomic E-state index is 13.1. The molecule has 0 bridgehead atoms. The Bertz CT molecular complexity index is 813. The molecule has 7 heteroatoms. The van der Waals surface area contributed by atoms with Crippen LogP contribution in [0.5, 0.6) is 0 Å². The summed E-state index contributed by atoms with van der Waals surface area (Å²) in [4.78, 5) is 26.6. The number of alkyl halides is 3. The van der Waals surface area contributed by atoms with Crippen LogP contribution in [0, 0.1) is 0 Å². The molecule has 0 saturated carbocycles. The second kappa shape index (κ2) is 7.19. The summed E-state index contributed by atoms with van der Waals surface area (Å²) in [5.41, 5.74) is -0.696. The van der Waals surface area contributed by atoms with Crippen molar-refractivity contribution in [2.75, 3.05) is 18.4 Å². The minimum absolute atomic E-state index is 0.0594. The fraction of sp³-hybridized carbons (Fsp3) is 0.263. The molecule has 1 fully saturated rings. The fourth-order valence-corrected chi connectivity index (χ4v) is 2.89. The van der Waals surface area contributed by atoms with Crippen LogP contribution in [0.25, 0.3) is 0 Å². The lowest BCUT2D eigenvalue weighted by atomic mass is 10.1. The third-order valence-corrected chi connectivity index (χ3v) is 4.25. The predicted molar refractivity (Wildman–Crippen MR) is 91.0 cm³/mol. The summed E-state index contributed by atoms with van der Waals surface area (Å²) in [6.45, 7) is 1.12. The Labute approximate surface area is 148 Å². The summed E-state index contributed by atoms with van der Waals surface area (Å²) in [5, 5.41) is 2.46. The van der Waals surface area contributed by atoms with Crippen molar-refractivity contribution in [2.45, 2.75) is 19.0 Å². The maximum Gasteiger partial charge on any atom is 0.416 e. The van der Waals surface area contributed by atoms with Gasteiger partial charge in [-0.05, 0) is 43.2 Å². The molecule has 26 heavy (non-hydrogen) atoms. The zero-order valence-corrected chi connectivity index (χ0v) is 13.8. The Kier molecular flexibility index (Phi) is 4.97. The van der Waals surface area contributed by atoms with Gasteiger partial charge in [0.15, 0.2) is 0 Å². The van der Waals surface area contributed by atoms with Crippen LogP contribution in [-0.2, 0) is 6.18 Å². The van der Waals surface area contributed by atoms with E-state index in [1.165, 1.54) is 0 Å². The van der Waals surface area contributed by atoms with E-state index in [2.05, 4.69) is 5.32 Å². The zero-order chi connectivity index (χ0) is 18.7. The van der Waals surface area contributed by atoms with Gasteiger partial charge in [-0.25, -0.2) is 0 Å². The van der Waals surface area contributed by atoms with E-state index in [4.69, 9.17) is 0 Å². The van der Waals surface area contributed by atoms with E-state index in [0.717, 1.165) is 31.0 Å². The van der Waals surface area contributed by atoms with E-state index in [-0.39, 0.29) is 17.2 Å². The molecule has 0 spiro atoms. The molecule has 0 aliphatic carbocycles. The molecule has 4 nitrogen and oxygen atoms in total. The number of benzene rings is 2. The smallest absolute Gasteiger partial charge is 0.339 e. The SMILES string of the molecule is O=C(Nc1cc(C(F)(F)F)ccc1C(=O)N1CCCC1)c1ccccc1. The number of hydrogen-bond donors (Lipinski definition) is 1. The van der Waals surface area contributed by atoms with E-state index in [1.54, 1.807) is 35.2 Å². The van der Waals surface area contributed by atoms with Crippen LogP contribution >= 0.6 is 0 Å². The molecule has 1 saturated heterocycles. The summed E-state index contributed by atoms with van der Waals surface area (Å²) < 4.78 is 39.2. The van der Waals surface area contributed by atoms with E-state index in [0.29, 0.717) is 18.7 Å². The first-order valence-electron chi connectivity index (χ1n) is 8.23. The van der Waals surface area contributed by atoms with Crippen molar-refractivity contribution in [1.29, 1.82) is 0 Å².